The lowest BCUT2D eigenvalue weighted by atomic mass is 9.83. The normalized spacial score (nSPS) is 19.4. The lowest BCUT2D eigenvalue weighted by molar-refractivity contribution is -0.116. The van der Waals surface area contributed by atoms with Gasteiger partial charge in [0, 0.05) is 58.3 Å². The van der Waals surface area contributed by atoms with Crippen molar-refractivity contribution in [2.75, 3.05) is 60.0 Å². The number of methoxy groups -OCH3 is 2. The fourth-order valence-corrected chi connectivity index (χ4v) is 4.47. The number of Topliss-reactive ketones (excluding diaryl/α,β-unsaturated/α-hetero) is 1. The number of piperazine rings is 1. The van der Waals surface area contributed by atoms with Gasteiger partial charge < -0.3 is 24.8 Å². The molecule has 8 nitrogen and oxygen atoms in total. The van der Waals surface area contributed by atoms with E-state index in [2.05, 4.69) is 26.7 Å². The molecular weight excluding hydrogens is 452 g/mol. The molecule has 1 aromatic carbocycles. The molecule has 0 spiro atoms. The van der Waals surface area contributed by atoms with Crippen LogP contribution >= 0.6 is 12.2 Å². The Morgan fingerprint density at radius 2 is 1.97 bits per heavy atom. The fraction of sp³-hybridized carbons (Fsp3) is 0.480. The highest BCUT2D eigenvalue weighted by atomic mass is 32.1. The highest BCUT2D eigenvalue weighted by molar-refractivity contribution is 7.80. The number of ketones is 1. The van der Waals surface area contributed by atoms with Crippen molar-refractivity contribution in [2.45, 2.75) is 18.8 Å². The van der Waals surface area contributed by atoms with Crippen LogP contribution in [0.2, 0.25) is 0 Å². The molecule has 2 N–H and O–H groups in total. The van der Waals surface area contributed by atoms with Crippen molar-refractivity contribution in [2.24, 2.45) is 4.99 Å². The van der Waals surface area contributed by atoms with Crippen molar-refractivity contribution in [3.8, 4) is 11.5 Å². The van der Waals surface area contributed by atoms with Crippen LogP contribution in [0.15, 0.2) is 47.2 Å². The maximum absolute atomic E-state index is 12.7. The maximum atomic E-state index is 12.7. The van der Waals surface area contributed by atoms with Gasteiger partial charge in [-0.15, -0.1) is 6.58 Å². The standard InChI is InChI=1S/C25H34N4O4S/c1-4-7-27-25(34)29-12-10-28(11-13-29)9-8-26-17-20-21(30)14-19(15-22(20)31)18-5-6-23(32-2)24(16-18)33-3/h4-6,16-17,19,30H,1,7-15H2,2-3H3,(H,27,34). The summed E-state index contributed by atoms with van der Waals surface area (Å²) in [6.45, 7) is 9.29. The molecule has 34 heavy (non-hydrogen) atoms. The minimum absolute atomic E-state index is 0.0916. The van der Waals surface area contributed by atoms with Gasteiger partial charge in [-0.25, -0.2) is 0 Å². The summed E-state index contributed by atoms with van der Waals surface area (Å²) < 4.78 is 10.6. The van der Waals surface area contributed by atoms with E-state index in [0.717, 1.165) is 43.4 Å². The number of thiocarbonyl (C=S) groups is 1. The van der Waals surface area contributed by atoms with Crippen molar-refractivity contribution < 1.29 is 19.4 Å². The first-order valence-electron chi connectivity index (χ1n) is 11.5. The highest BCUT2D eigenvalue weighted by Crippen LogP contribution is 2.37. The van der Waals surface area contributed by atoms with Gasteiger partial charge in [-0.2, -0.15) is 0 Å². The minimum Gasteiger partial charge on any atom is -0.511 e. The Kier molecular flexibility index (Phi) is 9.47. The van der Waals surface area contributed by atoms with E-state index in [1.165, 1.54) is 6.21 Å². The Balaban J connectivity index is 1.50. The number of aliphatic hydroxyl groups is 1. The van der Waals surface area contributed by atoms with E-state index in [1.54, 1.807) is 20.3 Å². The van der Waals surface area contributed by atoms with E-state index in [9.17, 15) is 9.90 Å². The number of carbonyl (C=O) groups is 1. The Labute approximate surface area is 206 Å². The summed E-state index contributed by atoms with van der Waals surface area (Å²) >= 11 is 5.39. The van der Waals surface area contributed by atoms with Crippen LogP contribution < -0.4 is 14.8 Å². The van der Waals surface area contributed by atoms with Crippen LogP contribution in [0.4, 0.5) is 0 Å². The largest absolute Gasteiger partial charge is 0.511 e. The van der Waals surface area contributed by atoms with Gasteiger partial charge in [0.2, 0.25) is 0 Å². The number of aliphatic hydroxyl groups excluding tert-OH is 1. The zero-order valence-corrected chi connectivity index (χ0v) is 20.8. The molecule has 0 saturated carbocycles. The summed E-state index contributed by atoms with van der Waals surface area (Å²) in [5, 5.41) is 14.5. The Hall–Kier alpha value is -2.91. The summed E-state index contributed by atoms with van der Waals surface area (Å²) in [5.41, 5.74) is 1.26. The van der Waals surface area contributed by atoms with Gasteiger partial charge in [0.05, 0.1) is 26.3 Å². The molecule has 1 saturated heterocycles. The Morgan fingerprint density at radius 3 is 2.62 bits per heavy atom. The van der Waals surface area contributed by atoms with Gasteiger partial charge in [-0.3, -0.25) is 14.7 Å². The summed E-state index contributed by atoms with van der Waals surface area (Å²) in [7, 11) is 3.16. The molecule has 1 atom stereocenters. The predicted molar refractivity (Wildman–Crippen MR) is 138 cm³/mol. The molecule has 184 valence electrons. The number of aliphatic imine (C=N–C) groups is 1. The van der Waals surface area contributed by atoms with E-state index in [1.807, 2.05) is 18.2 Å². The Morgan fingerprint density at radius 1 is 1.24 bits per heavy atom. The first-order valence-corrected chi connectivity index (χ1v) is 11.9. The lowest BCUT2D eigenvalue weighted by Gasteiger charge is -2.35. The van der Waals surface area contributed by atoms with Crippen molar-refractivity contribution >= 4 is 29.3 Å². The van der Waals surface area contributed by atoms with Crippen LogP contribution in [0.25, 0.3) is 0 Å². The van der Waals surface area contributed by atoms with Gasteiger partial charge in [-0.1, -0.05) is 12.1 Å². The second-order valence-corrected chi connectivity index (χ2v) is 8.73. The second-order valence-electron chi connectivity index (χ2n) is 8.34. The molecule has 0 radical (unpaired) electrons. The van der Waals surface area contributed by atoms with Gasteiger partial charge in [0.1, 0.15) is 5.76 Å². The zero-order valence-electron chi connectivity index (χ0n) is 20.0. The van der Waals surface area contributed by atoms with Crippen molar-refractivity contribution in [1.29, 1.82) is 0 Å². The number of hydrogen-bond acceptors (Lipinski definition) is 7. The Bertz CT molecular complexity index is 954. The van der Waals surface area contributed by atoms with E-state index in [-0.39, 0.29) is 17.5 Å². The van der Waals surface area contributed by atoms with E-state index in [0.29, 0.717) is 43.0 Å². The van der Waals surface area contributed by atoms with E-state index < -0.39 is 0 Å². The molecular formula is C25H34N4O4S. The quantitative estimate of drug-likeness (QED) is 0.313. The summed E-state index contributed by atoms with van der Waals surface area (Å²) in [5.74, 6) is 1.14. The molecule has 3 rings (SSSR count). The molecule has 2 aliphatic rings. The summed E-state index contributed by atoms with van der Waals surface area (Å²) in [6, 6.07) is 5.60. The van der Waals surface area contributed by atoms with E-state index >= 15 is 0 Å². The van der Waals surface area contributed by atoms with Gasteiger partial charge in [0.15, 0.2) is 22.4 Å². The smallest absolute Gasteiger partial charge is 0.169 e. The third-order valence-electron chi connectivity index (χ3n) is 6.18. The average molecular weight is 487 g/mol. The zero-order chi connectivity index (χ0) is 24.5. The van der Waals surface area contributed by atoms with Gasteiger partial charge >= 0.3 is 0 Å². The molecule has 1 aromatic rings. The molecule has 1 unspecified atom stereocenters. The van der Waals surface area contributed by atoms with Crippen LogP contribution in [0, 0.1) is 0 Å². The first kappa shape index (κ1) is 25.7. The van der Waals surface area contributed by atoms with Crippen LogP contribution in [0.5, 0.6) is 11.5 Å². The number of allylic oxidation sites excluding steroid dienone is 2. The SMILES string of the molecule is C=CCNC(=S)N1CCN(CCN=CC2=C(O)CC(c3ccc(OC)c(OC)c3)CC2=O)CC1. The monoisotopic (exact) mass is 486 g/mol. The number of hydrogen-bond donors (Lipinski definition) is 2. The minimum atomic E-state index is -0.104. The lowest BCUT2D eigenvalue weighted by Crippen LogP contribution is -2.52. The molecule has 0 bridgehead atoms. The molecule has 1 aliphatic carbocycles. The van der Waals surface area contributed by atoms with Crippen LogP contribution in [0.1, 0.15) is 24.3 Å². The third kappa shape index (κ3) is 6.57. The summed E-state index contributed by atoms with van der Waals surface area (Å²) in [6.07, 6.45) is 4.04. The molecule has 1 aliphatic heterocycles. The third-order valence-corrected chi connectivity index (χ3v) is 6.59. The van der Waals surface area contributed by atoms with Gasteiger partial charge in [-0.05, 0) is 35.8 Å². The average Bonchev–Trinajstić information content (AvgIpc) is 2.86. The molecule has 1 heterocycles. The van der Waals surface area contributed by atoms with Crippen LogP contribution in [-0.2, 0) is 4.79 Å². The molecule has 0 amide bonds. The predicted octanol–water partition coefficient (Wildman–Crippen LogP) is 2.71. The molecule has 1 fully saturated rings. The van der Waals surface area contributed by atoms with E-state index in [4.69, 9.17) is 21.7 Å². The fourth-order valence-electron chi connectivity index (χ4n) is 4.20. The van der Waals surface area contributed by atoms with Crippen LogP contribution in [-0.4, -0.2) is 92.0 Å². The maximum Gasteiger partial charge on any atom is 0.169 e. The number of nitrogens with one attached hydrogen (secondary N) is 1. The number of nitrogens with zero attached hydrogens (tertiary/aromatic N) is 3. The number of benzene rings is 1. The van der Waals surface area contributed by atoms with Crippen molar-refractivity contribution in [1.82, 2.24) is 15.1 Å². The number of rotatable bonds is 9. The van der Waals surface area contributed by atoms with Crippen molar-refractivity contribution in [3.63, 3.8) is 0 Å². The molecule has 0 aromatic heterocycles. The van der Waals surface area contributed by atoms with Crippen molar-refractivity contribution in [3.05, 3.63) is 47.7 Å². The topological polar surface area (TPSA) is 86.6 Å². The molecule has 9 heteroatoms. The first-order chi connectivity index (χ1) is 16.5. The number of carbonyl (C=O) groups excluding carboxylic acids is 1. The number of ether oxygens (including phenoxy) is 2. The van der Waals surface area contributed by atoms with Gasteiger partial charge in [0.25, 0.3) is 0 Å². The highest BCUT2D eigenvalue weighted by Gasteiger charge is 2.28. The summed E-state index contributed by atoms with van der Waals surface area (Å²) in [4.78, 5) is 21.7. The van der Waals surface area contributed by atoms with Crippen LogP contribution in [0.3, 0.4) is 0 Å². The second kappa shape index (κ2) is 12.5.